The lowest BCUT2D eigenvalue weighted by atomic mass is 10.3. The molecule has 0 heterocycles. The van der Waals surface area contributed by atoms with Crippen LogP contribution in [0.1, 0.15) is 20.3 Å². The zero-order valence-electron chi connectivity index (χ0n) is 7.98. The molecule has 0 aliphatic carbocycles. The predicted octanol–water partition coefficient (Wildman–Crippen LogP) is 2.12. The maximum Gasteiger partial charge on any atom is 0.209 e. The summed E-state index contributed by atoms with van der Waals surface area (Å²) in [5.74, 6) is 0. The molecule has 1 radical (unpaired) electrons. The first kappa shape index (κ1) is 10.8. The number of aliphatic imine (C=N–C) groups is 1. The lowest BCUT2D eigenvalue weighted by molar-refractivity contribution is 0.424. The summed E-state index contributed by atoms with van der Waals surface area (Å²) in [6.07, 6.45) is 1.07. The predicted molar refractivity (Wildman–Crippen MR) is 51.7 cm³/mol. The van der Waals surface area contributed by atoms with Gasteiger partial charge in [-0.2, -0.15) is 0 Å². The third-order valence-corrected chi connectivity index (χ3v) is 3.33. The molecule has 0 saturated carbocycles. The van der Waals surface area contributed by atoms with Crippen molar-refractivity contribution in [3.05, 3.63) is 0 Å². The molecule has 65 valence electrons. The van der Waals surface area contributed by atoms with Gasteiger partial charge in [-0.1, -0.05) is 6.92 Å². The molecule has 3 heteroatoms. The van der Waals surface area contributed by atoms with Crippen molar-refractivity contribution in [2.75, 3.05) is 13.7 Å². The van der Waals surface area contributed by atoms with Gasteiger partial charge in [-0.05, 0) is 25.9 Å². The maximum atomic E-state index is 5.20. The largest absolute Gasteiger partial charge is 0.420 e. The van der Waals surface area contributed by atoms with Crippen LogP contribution in [0.2, 0.25) is 12.6 Å². The van der Waals surface area contributed by atoms with E-state index in [2.05, 4.69) is 25.4 Å². The standard InChI is InChI=1S/C8H18NOSi/c1-5-8(2)9-6-7-11(4)10-3/h5-7H2,1-4H3. The van der Waals surface area contributed by atoms with Gasteiger partial charge in [0.15, 0.2) is 0 Å². The molecule has 11 heavy (non-hydrogen) atoms. The molecular weight excluding hydrogens is 154 g/mol. The highest BCUT2D eigenvalue weighted by molar-refractivity contribution is 6.50. The number of rotatable bonds is 5. The van der Waals surface area contributed by atoms with E-state index in [1.165, 1.54) is 5.71 Å². The van der Waals surface area contributed by atoms with Gasteiger partial charge in [-0.15, -0.1) is 0 Å². The van der Waals surface area contributed by atoms with E-state index < -0.39 is 9.04 Å². The lowest BCUT2D eigenvalue weighted by Crippen LogP contribution is -2.11. The van der Waals surface area contributed by atoms with E-state index in [-0.39, 0.29) is 0 Å². The van der Waals surface area contributed by atoms with Crippen molar-refractivity contribution in [3.63, 3.8) is 0 Å². The molecule has 0 amide bonds. The average Bonchev–Trinajstić information content (AvgIpc) is 2.04. The molecule has 0 N–H and O–H groups in total. The van der Waals surface area contributed by atoms with Crippen LogP contribution in [-0.2, 0) is 4.43 Å². The van der Waals surface area contributed by atoms with Crippen molar-refractivity contribution in [3.8, 4) is 0 Å². The normalized spacial score (nSPS) is 12.6. The second-order valence-corrected chi connectivity index (χ2v) is 4.94. The smallest absolute Gasteiger partial charge is 0.209 e. The van der Waals surface area contributed by atoms with Crippen LogP contribution >= 0.6 is 0 Å². The summed E-state index contributed by atoms with van der Waals surface area (Å²) in [6, 6.07) is 1.12. The first-order chi connectivity index (χ1) is 5.20. The van der Waals surface area contributed by atoms with Gasteiger partial charge in [0.1, 0.15) is 0 Å². The minimum Gasteiger partial charge on any atom is -0.420 e. The highest BCUT2D eigenvalue weighted by Gasteiger charge is 2.00. The highest BCUT2D eigenvalue weighted by Crippen LogP contribution is 1.94. The molecule has 0 aromatic heterocycles. The maximum absolute atomic E-state index is 5.20. The molecule has 0 atom stereocenters. The molecule has 0 aromatic carbocycles. The van der Waals surface area contributed by atoms with Crippen molar-refractivity contribution >= 4 is 14.8 Å². The van der Waals surface area contributed by atoms with Crippen molar-refractivity contribution in [2.45, 2.75) is 32.9 Å². The molecule has 0 bridgehead atoms. The van der Waals surface area contributed by atoms with Gasteiger partial charge in [0.25, 0.3) is 0 Å². The Kier molecular flexibility index (Phi) is 6.46. The fraction of sp³-hybridized carbons (Fsp3) is 0.875. The third kappa shape index (κ3) is 6.25. The van der Waals surface area contributed by atoms with Crippen LogP contribution in [0.4, 0.5) is 0 Å². The van der Waals surface area contributed by atoms with E-state index in [0.717, 1.165) is 19.0 Å². The minimum atomic E-state index is -0.540. The number of nitrogens with zero attached hydrogens (tertiary/aromatic N) is 1. The molecule has 0 aliphatic heterocycles. The summed E-state index contributed by atoms with van der Waals surface area (Å²) in [6.45, 7) is 7.32. The summed E-state index contributed by atoms with van der Waals surface area (Å²) in [5.41, 5.74) is 1.25. The van der Waals surface area contributed by atoms with E-state index in [1.807, 2.05) is 0 Å². The average molecular weight is 172 g/mol. The fourth-order valence-corrected chi connectivity index (χ4v) is 1.25. The van der Waals surface area contributed by atoms with Gasteiger partial charge in [0.2, 0.25) is 9.04 Å². The molecular formula is C8H18NOSi. The van der Waals surface area contributed by atoms with Gasteiger partial charge >= 0.3 is 0 Å². The first-order valence-electron chi connectivity index (χ1n) is 4.07. The van der Waals surface area contributed by atoms with Gasteiger partial charge < -0.3 is 4.43 Å². The number of hydrogen-bond acceptors (Lipinski definition) is 2. The van der Waals surface area contributed by atoms with Crippen LogP contribution in [0.5, 0.6) is 0 Å². The number of hydrogen-bond donors (Lipinski definition) is 0. The van der Waals surface area contributed by atoms with E-state index >= 15 is 0 Å². The highest BCUT2D eigenvalue weighted by atomic mass is 28.3. The molecule has 0 aromatic rings. The topological polar surface area (TPSA) is 21.6 Å². The molecule has 2 nitrogen and oxygen atoms in total. The molecule has 0 spiro atoms. The van der Waals surface area contributed by atoms with Gasteiger partial charge in [-0.3, -0.25) is 4.99 Å². The Labute approximate surface area is 71.4 Å². The minimum absolute atomic E-state index is 0.540. The van der Waals surface area contributed by atoms with Crippen LogP contribution in [0.3, 0.4) is 0 Å². The van der Waals surface area contributed by atoms with Crippen molar-refractivity contribution in [1.29, 1.82) is 0 Å². The fourth-order valence-electron chi connectivity index (χ4n) is 0.618. The monoisotopic (exact) mass is 172 g/mol. The van der Waals surface area contributed by atoms with Gasteiger partial charge in [-0.25, -0.2) is 0 Å². The Hall–Kier alpha value is -0.153. The van der Waals surface area contributed by atoms with Crippen LogP contribution < -0.4 is 0 Å². The zero-order valence-corrected chi connectivity index (χ0v) is 8.98. The van der Waals surface area contributed by atoms with E-state index in [4.69, 9.17) is 4.43 Å². The Bertz CT molecular complexity index is 125. The van der Waals surface area contributed by atoms with Crippen LogP contribution in [0, 0.1) is 0 Å². The zero-order chi connectivity index (χ0) is 8.69. The van der Waals surface area contributed by atoms with Crippen LogP contribution in [-0.4, -0.2) is 28.4 Å². The van der Waals surface area contributed by atoms with Crippen molar-refractivity contribution in [1.82, 2.24) is 0 Å². The lowest BCUT2D eigenvalue weighted by Gasteiger charge is -2.03. The molecule has 0 unspecified atom stereocenters. The Morgan fingerprint density at radius 3 is 2.64 bits per heavy atom. The van der Waals surface area contributed by atoms with Gasteiger partial charge in [0.05, 0.1) is 0 Å². The van der Waals surface area contributed by atoms with E-state index in [1.54, 1.807) is 7.11 Å². The van der Waals surface area contributed by atoms with Crippen LogP contribution in [0.15, 0.2) is 4.99 Å². The SMILES string of the molecule is CCC(C)=NCC[Si](C)OC. The van der Waals surface area contributed by atoms with E-state index in [0.29, 0.717) is 0 Å². The second-order valence-electron chi connectivity index (χ2n) is 2.63. The Morgan fingerprint density at radius 2 is 2.18 bits per heavy atom. The second kappa shape index (κ2) is 6.55. The quantitative estimate of drug-likeness (QED) is 0.460. The summed E-state index contributed by atoms with van der Waals surface area (Å²) < 4.78 is 5.20. The molecule has 0 aliphatic rings. The molecule has 0 fully saturated rings. The molecule has 0 rings (SSSR count). The van der Waals surface area contributed by atoms with Crippen LogP contribution in [0.25, 0.3) is 0 Å². The summed E-state index contributed by atoms with van der Waals surface area (Å²) in [5, 5.41) is 0. The van der Waals surface area contributed by atoms with E-state index in [9.17, 15) is 0 Å². The van der Waals surface area contributed by atoms with Crippen molar-refractivity contribution in [2.24, 2.45) is 4.99 Å². The van der Waals surface area contributed by atoms with Crippen molar-refractivity contribution < 1.29 is 4.43 Å². The Morgan fingerprint density at radius 1 is 1.55 bits per heavy atom. The molecule has 0 saturated heterocycles. The summed E-state index contributed by atoms with van der Waals surface area (Å²) in [7, 11) is 1.24. The first-order valence-corrected chi connectivity index (χ1v) is 6.18. The Balaban J connectivity index is 3.39. The van der Waals surface area contributed by atoms with Gasteiger partial charge in [0, 0.05) is 19.4 Å². The third-order valence-electron chi connectivity index (χ3n) is 1.71. The summed E-state index contributed by atoms with van der Waals surface area (Å²) >= 11 is 0. The summed E-state index contributed by atoms with van der Waals surface area (Å²) in [4.78, 5) is 4.39.